The van der Waals surface area contributed by atoms with Crippen LogP contribution in [0.5, 0.6) is 0 Å². The van der Waals surface area contributed by atoms with Gasteiger partial charge >= 0.3 is 5.97 Å². The summed E-state index contributed by atoms with van der Waals surface area (Å²) in [5, 5.41) is 8.74. The van der Waals surface area contributed by atoms with Crippen LogP contribution < -0.4 is 0 Å². The Hall–Kier alpha value is -1.02. The van der Waals surface area contributed by atoms with E-state index in [0.29, 0.717) is 0 Å². The molecule has 0 saturated carbocycles. The lowest BCUT2D eigenvalue weighted by molar-refractivity contribution is -0.138. The van der Waals surface area contributed by atoms with Gasteiger partial charge in [-0.15, -0.1) is 11.6 Å². The average Bonchev–Trinajstić information content (AvgIpc) is 2.07. The molecule has 1 aromatic rings. The number of benzene rings is 1. The van der Waals surface area contributed by atoms with Crippen LogP contribution in [0.15, 0.2) is 30.3 Å². The Morgan fingerprint density at radius 1 is 1.42 bits per heavy atom. The molecule has 64 valence electrons. The van der Waals surface area contributed by atoms with Gasteiger partial charge in [-0.2, -0.15) is 0 Å². The summed E-state index contributed by atoms with van der Waals surface area (Å²) in [4.78, 5) is 10.6. The molecule has 3 heteroatoms. The van der Waals surface area contributed by atoms with Crippen molar-refractivity contribution in [1.82, 2.24) is 0 Å². The summed E-state index contributed by atoms with van der Waals surface area (Å²) in [5.74, 6) is -1.36. The summed E-state index contributed by atoms with van der Waals surface area (Å²) in [5.41, 5.74) is 0.750. The predicted molar refractivity (Wildman–Crippen MR) is 47.5 cm³/mol. The van der Waals surface area contributed by atoms with Crippen LogP contribution in [0.4, 0.5) is 0 Å². The number of carboxylic acid groups (broad SMARTS) is 1. The van der Waals surface area contributed by atoms with Crippen LogP contribution in [0.25, 0.3) is 0 Å². The quantitative estimate of drug-likeness (QED) is 0.731. The first-order chi connectivity index (χ1) is 5.75. The third-order valence-corrected chi connectivity index (χ3v) is 1.96. The first-order valence-corrected chi connectivity index (χ1v) is 4.13. The Bertz CT molecular complexity index is 258. The molecule has 0 heterocycles. The van der Waals surface area contributed by atoms with Crippen LogP contribution in [0.2, 0.25) is 0 Å². The monoisotopic (exact) mass is 184 g/mol. The van der Waals surface area contributed by atoms with E-state index in [-0.39, 0.29) is 5.88 Å². The van der Waals surface area contributed by atoms with Crippen molar-refractivity contribution in [1.29, 1.82) is 0 Å². The molecule has 0 saturated heterocycles. The second-order valence-electron chi connectivity index (χ2n) is 2.46. The van der Waals surface area contributed by atoms with Crippen LogP contribution in [-0.2, 0) is 4.79 Å². The van der Waals surface area contributed by atoms with Crippen molar-refractivity contribution in [3.63, 3.8) is 0 Å². The number of hydrogen-bond acceptors (Lipinski definition) is 1. The highest BCUT2D eigenvalue weighted by molar-refractivity contribution is 6.19. The molecule has 0 bridgehead atoms. The summed E-state index contributed by atoms with van der Waals surface area (Å²) < 4.78 is 0. The van der Waals surface area contributed by atoms with Crippen molar-refractivity contribution in [3.05, 3.63) is 35.9 Å². The van der Waals surface area contributed by atoms with Gasteiger partial charge in [0.1, 0.15) is 0 Å². The number of carboxylic acids is 1. The zero-order valence-corrected chi connectivity index (χ0v) is 7.16. The van der Waals surface area contributed by atoms with E-state index in [1.165, 1.54) is 0 Å². The fourth-order valence-corrected chi connectivity index (χ4v) is 1.29. The molecule has 2 nitrogen and oxygen atoms in total. The van der Waals surface area contributed by atoms with Gasteiger partial charge in [-0.25, -0.2) is 0 Å². The van der Waals surface area contributed by atoms with Gasteiger partial charge in [-0.05, 0) is 5.56 Å². The standard InChI is InChI=1S/C9H9ClO2/c10-6-8(9(11)12)7-4-2-1-3-5-7/h1-5,8H,6H2,(H,11,12)/t8-/m1/s1. The summed E-state index contributed by atoms with van der Waals surface area (Å²) in [6.07, 6.45) is 0. The molecule has 1 N–H and O–H groups in total. The van der Waals surface area contributed by atoms with E-state index in [1.807, 2.05) is 6.07 Å². The van der Waals surface area contributed by atoms with E-state index < -0.39 is 11.9 Å². The van der Waals surface area contributed by atoms with Crippen molar-refractivity contribution >= 4 is 17.6 Å². The molecule has 0 aliphatic heterocycles. The van der Waals surface area contributed by atoms with Crippen molar-refractivity contribution < 1.29 is 9.90 Å². The van der Waals surface area contributed by atoms with Crippen LogP contribution in [0, 0.1) is 0 Å². The van der Waals surface area contributed by atoms with E-state index in [1.54, 1.807) is 24.3 Å². The highest BCUT2D eigenvalue weighted by Crippen LogP contribution is 2.16. The number of rotatable bonds is 3. The predicted octanol–water partition coefficient (Wildman–Crippen LogP) is 2.09. The zero-order valence-electron chi connectivity index (χ0n) is 6.40. The topological polar surface area (TPSA) is 37.3 Å². The average molecular weight is 185 g/mol. The first kappa shape index (κ1) is 9.07. The second kappa shape index (κ2) is 4.12. The van der Waals surface area contributed by atoms with Crippen LogP contribution in [0.3, 0.4) is 0 Å². The molecular weight excluding hydrogens is 176 g/mol. The largest absolute Gasteiger partial charge is 0.481 e. The molecule has 1 atom stereocenters. The maximum atomic E-state index is 10.6. The van der Waals surface area contributed by atoms with Gasteiger partial charge in [0.25, 0.3) is 0 Å². The number of alkyl halides is 1. The van der Waals surface area contributed by atoms with Crippen molar-refractivity contribution in [2.24, 2.45) is 0 Å². The molecule has 0 aliphatic carbocycles. The number of hydrogen-bond donors (Lipinski definition) is 1. The van der Waals surface area contributed by atoms with E-state index >= 15 is 0 Å². The highest BCUT2D eigenvalue weighted by Gasteiger charge is 2.17. The first-order valence-electron chi connectivity index (χ1n) is 3.59. The third-order valence-electron chi connectivity index (χ3n) is 1.65. The molecule has 12 heavy (non-hydrogen) atoms. The molecular formula is C9H9ClO2. The van der Waals surface area contributed by atoms with E-state index in [4.69, 9.17) is 16.7 Å². The SMILES string of the molecule is O=C(O)[C@H](CCl)c1ccccc1. The lowest BCUT2D eigenvalue weighted by Gasteiger charge is -2.07. The van der Waals surface area contributed by atoms with Crippen LogP contribution in [-0.4, -0.2) is 17.0 Å². The number of aliphatic carboxylic acids is 1. The fourth-order valence-electron chi connectivity index (χ4n) is 0.983. The van der Waals surface area contributed by atoms with Gasteiger partial charge in [-0.1, -0.05) is 30.3 Å². The van der Waals surface area contributed by atoms with Gasteiger partial charge in [0.2, 0.25) is 0 Å². The summed E-state index contributed by atoms with van der Waals surface area (Å²) in [6, 6.07) is 8.98. The normalized spacial score (nSPS) is 12.4. The minimum Gasteiger partial charge on any atom is -0.481 e. The van der Waals surface area contributed by atoms with Gasteiger partial charge in [-0.3, -0.25) is 4.79 Å². The van der Waals surface area contributed by atoms with E-state index in [2.05, 4.69) is 0 Å². The fraction of sp³-hybridized carbons (Fsp3) is 0.222. The molecule has 0 radical (unpaired) electrons. The maximum Gasteiger partial charge on any atom is 0.312 e. The minimum absolute atomic E-state index is 0.110. The van der Waals surface area contributed by atoms with E-state index in [9.17, 15) is 4.79 Å². The lowest BCUT2D eigenvalue weighted by Crippen LogP contribution is -2.12. The van der Waals surface area contributed by atoms with E-state index in [0.717, 1.165) is 5.56 Å². The van der Waals surface area contributed by atoms with Gasteiger partial charge in [0.15, 0.2) is 0 Å². The van der Waals surface area contributed by atoms with Crippen molar-refractivity contribution in [2.75, 3.05) is 5.88 Å². The van der Waals surface area contributed by atoms with Gasteiger partial charge in [0, 0.05) is 5.88 Å². The lowest BCUT2D eigenvalue weighted by atomic mass is 10.0. The second-order valence-corrected chi connectivity index (χ2v) is 2.76. The van der Waals surface area contributed by atoms with Crippen LogP contribution >= 0.6 is 11.6 Å². The Labute approximate surface area is 75.8 Å². The molecule has 0 amide bonds. The summed E-state index contributed by atoms with van der Waals surface area (Å²) >= 11 is 5.52. The molecule has 0 aromatic heterocycles. The Morgan fingerprint density at radius 2 is 2.00 bits per heavy atom. The number of halogens is 1. The zero-order chi connectivity index (χ0) is 8.97. The minimum atomic E-state index is -0.879. The molecule has 0 aliphatic rings. The van der Waals surface area contributed by atoms with Gasteiger partial charge < -0.3 is 5.11 Å². The molecule has 1 aromatic carbocycles. The summed E-state index contributed by atoms with van der Waals surface area (Å²) in [6.45, 7) is 0. The van der Waals surface area contributed by atoms with Crippen LogP contribution in [0.1, 0.15) is 11.5 Å². The Balaban J connectivity index is 2.88. The number of carbonyl (C=O) groups is 1. The molecule has 0 spiro atoms. The summed E-state index contributed by atoms with van der Waals surface area (Å²) in [7, 11) is 0. The molecule has 1 rings (SSSR count). The third kappa shape index (κ3) is 1.98. The Morgan fingerprint density at radius 3 is 2.42 bits per heavy atom. The molecule has 0 unspecified atom stereocenters. The van der Waals surface area contributed by atoms with Crippen molar-refractivity contribution in [2.45, 2.75) is 5.92 Å². The van der Waals surface area contributed by atoms with Gasteiger partial charge in [0.05, 0.1) is 5.92 Å². The molecule has 0 fully saturated rings. The van der Waals surface area contributed by atoms with Crippen molar-refractivity contribution in [3.8, 4) is 0 Å². The highest BCUT2D eigenvalue weighted by atomic mass is 35.5. The smallest absolute Gasteiger partial charge is 0.312 e. The maximum absolute atomic E-state index is 10.6. The Kier molecular flexibility index (Phi) is 3.11.